The SMILES string of the molecule is O=C(c1cc(-c2cccnc2)c(N2CCOCC2)s1)N1CCC[C@@H](O)C1. The fourth-order valence-corrected chi connectivity index (χ4v) is 4.71. The third-order valence-corrected chi connectivity index (χ3v) is 6.06. The molecule has 138 valence electrons. The molecule has 26 heavy (non-hydrogen) atoms. The molecule has 1 N–H and O–H groups in total. The number of hydrogen-bond donors (Lipinski definition) is 1. The summed E-state index contributed by atoms with van der Waals surface area (Å²) in [7, 11) is 0. The third-order valence-electron chi connectivity index (χ3n) is 4.88. The monoisotopic (exact) mass is 373 g/mol. The Morgan fingerprint density at radius 2 is 2.15 bits per heavy atom. The Balaban J connectivity index is 1.67. The average Bonchev–Trinajstić information content (AvgIpc) is 3.14. The van der Waals surface area contributed by atoms with Crippen LogP contribution in [0.2, 0.25) is 0 Å². The summed E-state index contributed by atoms with van der Waals surface area (Å²) in [6.07, 6.45) is 4.80. The number of rotatable bonds is 3. The number of pyridine rings is 1. The van der Waals surface area contributed by atoms with Gasteiger partial charge in [0.05, 0.1) is 29.2 Å². The highest BCUT2D eigenvalue weighted by Gasteiger charge is 2.27. The molecule has 2 aliphatic heterocycles. The topological polar surface area (TPSA) is 65.9 Å². The van der Waals surface area contributed by atoms with Gasteiger partial charge < -0.3 is 19.6 Å². The van der Waals surface area contributed by atoms with E-state index in [4.69, 9.17) is 4.74 Å². The third kappa shape index (κ3) is 3.60. The molecule has 2 aliphatic rings. The number of ether oxygens (including phenoxy) is 1. The van der Waals surface area contributed by atoms with E-state index in [0.717, 1.165) is 46.9 Å². The van der Waals surface area contributed by atoms with Crippen molar-refractivity contribution in [1.29, 1.82) is 0 Å². The maximum absolute atomic E-state index is 13.0. The van der Waals surface area contributed by atoms with Crippen LogP contribution in [0.5, 0.6) is 0 Å². The lowest BCUT2D eigenvalue weighted by Gasteiger charge is -2.30. The van der Waals surface area contributed by atoms with Crippen molar-refractivity contribution >= 4 is 22.2 Å². The molecule has 0 bridgehead atoms. The first-order valence-corrected chi connectivity index (χ1v) is 9.88. The van der Waals surface area contributed by atoms with E-state index in [0.29, 0.717) is 26.3 Å². The molecule has 2 fully saturated rings. The first-order chi connectivity index (χ1) is 12.7. The zero-order valence-corrected chi connectivity index (χ0v) is 15.5. The number of nitrogens with zero attached hydrogens (tertiary/aromatic N) is 3. The number of amides is 1. The average molecular weight is 373 g/mol. The lowest BCUT2D eigenvalue weighted by atomic mass is 10.1. The molecule has 4 rings (SSSR count). The van der Waals surface area contributed by atoms with Crippen LogP contribution in [0.4, 0.5) is 5.00 Å². The summed E-state index contributed by atoms with van der Waals surface area (Å²) in [4.78, 5) is 22.0. The summed E-state index contributed by atoms with van der Waals surface area (Å²) in [6, 6.07) is 5.92. The molecule has 0 aliphatic carbocycles. The summed E-state index contributed by atoms with van der Waals surface area (Å²) in [5.74, 6) is 0.0124. The van der Waals surface area contributed by atoms with E-state index in [2.05, 4.69) is 9.88 Å². The van der Waals surface area contributed by atoms with Gasteiger partial charge in [0.25, 0.3) is 5.91 Å². The van der Waals surface area contributed by atoms with Gasteiger partial charge in [-0.2, -0.15) is 0 Å². The van der Waals surface area contributed by atoms with Crippen molar-refractivity contribution in [3.8, 4) is 11.1 Å². The van der Waals surface area contributed by atoms with Gasteiger partial charge in [0.2, 0.25) is 0 Å². The Kier molecular flexibility index (Phi) is 5.19. The van der Waals surface area contributed by atoms with Crippen LogP contribution in [0.1, 0.15) is 22.5 Å². The van der Waals surface area contributed by atoms with Crippen LogP contribution in [-0.4, -0.2) is 66.4 Å². The molecule has 2 aromatic rings. The Morgan fingerprint density at radius 1 is 1.31 bits per heavy atom. The molecule has 0 radical (unpaired) electrons. The van der Waals surface area contributed by atoms with Gasteiger partial charge in [0, 0.05) is 49.7 Å². The zero-order chi connectivity index (χ0) is 17.9. The minimum absolute atomic E-state index is 0.0124. The molecule has 2 saturated heterocycles. The lowest BCUT2D eigenvalue weighted by molar-refractivity contribution is 0.0478. The molecule has 0 unspecified atom stereocenters. The van der Waals surface area contributed by atoms with Crippen molar-refractivity contribution in [2.75, 3.05) is 44.3 Å². The largest absolute Gasteiger partial charge is 0.391 e. The maximum atomic E-state index is 13.0. The van der Waals surface area contributed by atoms with Crippen LogP contribution >= 0.6 is 11.3 Å². The molecule has 6 nitrogen and oxygen atoms in total. The van der Waals surface area contributed by atoms with Crippen LogP contribution < -0.4 is 4.90 Å². The smallest absolute Gasteiger partial charge is 0.264 e. The van der Waals surface area contributed by atoms with Crippen LogP contribution in [-0.2, 0) is 4.74 Å². The van der Waals surface area contributed by atoms with Crippen LogP contribution in [0.3, 0.4) is 0 Å². The number of thiophene rings is 1. The highest BCUT2D eigenvalue weighted by Crippen LogP contribution is 2.39. The van der Waals surface area contributed by atoms with Crippen molar-refractivity contribution in [2.24, 2.45) is 0 Å². The number of morpholine rings is 1. The van der Waals surface area contributed by atoms with Gasteiger partial charge in [-0.15, -0.1) is 11.3 Å². The second-order valence-corrected chi connectivity index (χ2v) is 7.75. The standard InChI is InChI=1S/C19H23N3O3S/c23-15-4-2-6-22(13-15)18(24)17-11-16(14-3-1-5-20-12-14)19(26-17)21-7-9-25-10-8-21/h1,3,5,11-12,15,23H,2,4,6-10,13H2/t15-/m1/s1. The van der Waals surface area contributed by atoms with Crippen molar-refractivity contribution in [3.63, 3.8) is 0 Å². The number of piperidine rings is 1. The Bertz CT molecular complexity index is 759. The van der Waals surface area contributed by atoms with Gasteiger partial charge in [0.1, 0.15) is 0 Å². The second kappa shape index (κ2) is 7.73. The van der Waals surface area contributed by atoms with Gasteiger partial charge in [-0.05, 0) is 25.0 Å². The minimum atomic E-state index is -0.413. The molecule has 0 aromatic carbocycles. The summed E-state index contributed by atoms with van der Waals surface area (Å²) in [6.45, 7) is 4.18. The number of carbonyl (C=O) groups excluding carboxylic acids is 1. The second-order valence-electron chi connectivity index (χ2n) is 6.72. The van der Waals surface area contributed by atoms with E-state index >= 15 is 0 Å². The minimum Gasteiger partial charge on any atom is -0.391 e. The first-order valence-electron chi connectivity index (χ1n) is 9.06. The summed E-state index contributed by atoms with van der Waals surface area (Å²) >= 11 is 1.53. The Labute approximate surface area is 157 Å². The number of hydrogen-bond acceptors (Lipinski definition) is 6. The van der Waals surface area contributed by atoms with Gasteiger partial charge in [-0.3, -0.25) is 9.78 Å². The predicted molar refractivity (Wildman–Crippen MR) is 102 cm³/mol. The van der Waals surface area contributed by atoms with E-state index in [1.807, 2.05) is 24.4 Å². The van der Waals surface area contributed by atoms with Gasteiger partial charge in [-0.1, -0.05) is 6.07 Å². The fourth-order valence-electron chi connectivity index (χ4n) is 3.51. The number of aromatic nitrogens is 1. The van der Waals surface area contributed by atoms with E-state index in [1.54, 1.807) is 11.1 Å². The number of likely N-dealkylation sites (tertiary alicyclic amines) is 1. The highest BCUT2D eigenvalue weighted by atomic mass is 32.1. The van der Waals surface area contributed by atoms with Crippen molar-refractivity contribution in [2.45, 2.75) is 18.9 Å². The van der Waals surface area contributed by atoms with Crippen LogP contribution in [0.15, 0.2) is 30.6 Å². The molecule has 0 spiro atoms. The van der Waals surface area contributed by atoms with E-state index < -0.39 is 6.10 Å². The molecular weight excluding hydrogens is 350 g/mol. The molecule has 1 amide bonds. The maximum Gasteiger partial charge on any atom is 0.264 e. The normalized spacial score (nSPS) is 21.0. The predicted octanol–water partition coefficient (Wildman–Crippen LogP) is 2.24. The fraction of sp³-hybridized carbons (Fsp3) is 0.474. The van der Waals surface area contributed by atoms with E-state index in [9.17, 15) is 9.90 Å². The number of anilines is 1. The number of aliphatic hydroxyl groups excluding tert-OH is 1. The Hall–Kier alpha value is -1.96. The number of β-amino-alcohol motifs (C(OH)–C–C–N with tert-alkyl or cyclic N) is 1. The van der Waals surface area contributed by atoms with Crippen LogP contribution in [0.25, 0.3) is 11.1 Å². The van der Waals surface area contributed by atoms with Crippen molar-refractivity contribution in [3.05, 3.63) is 35.5 Å². The lowest BCUT2D eigenvalue weighted by Crippen LogP contribution is -2.41. The summed E-state index contributed by atoms with van der Waals surface area (Å²) in [5.41, 5.74) is 2.06. The molecule has 0 saturated carbocycles. The van der Waals surface area contributed by atoms with Crippen molar-refractivity contribution in [1.82, 2.24) is 9.88 Å². The molecular formula is C19H23N3O3S. The number of aliphatic hydroxyl groups is 1. The van der Waals surface area contributed by atoms with Crippen molar-refractivity contribution < 1.29 is 14.6 Å². The summed E-state index contributed by atoms with van der Waals surface area (Å²) in [5, 5.41) is 11.0. The Morgan fingerprint density at radius 3 is 2.88 bits per heavy atom. The van der Waals surface area contributed by atoms with Gasteiger partial charge in [-0.25, -0.2) is 0 Å². The van der Waals surface area contributed by atoms with E-state index in [-0.39, 0.29) is 5.91 Å². The van der Waals surface area contributed by atoms with Crippen LogP contribution in [0, 0.1) is 0 Å². The van der Waals surface area contributed by atoms with Gasteiger partial charge >= 0.3 is 0 Å². The molecule has 7 heteroatoms. The van der Waals surface area contributed by atoms with Gasteiger partial charge in [0.15, 0.2) is 0 Å². The number of carbonyl (C=O) groups is 1. The first kappa shape index (κ1) is 17.5. The van der Waals surface area contributed by atoms with E-state index in [1.165, 1.54) is 11.3 Å². The molecule has 4 heterocycles. The quantitative estimate of drug-likeness (QED) is 0.894. The summed E-state index contributed by atoms with van der Waals surface area (Å²) < 4.78 is 5.48. The molecule has 2 aromatic heterocycles. The zero-order valence-electron chi connectivity index (χ0n) is 14.6. The molecule has 1 atom stereocenters. The highest BCUT2D eigenvalue weighted by molar-refractivity contribution is 7.18.